The lowest BCUT2D eigenvalue weighted by Crippen LogP contribution is -2.06. The van der Waals surface area contributed by atoms with Crippen LogP contribution in [0.3, 0.4) is 0 Å². The monoisotopic (exact) mass is 342 g/mol. The molecule has 0 bridgehead atoms. The van der Waals surface area contributed by atoms with Crippen LogP contribution in [0.15, 0.2) is 27.1 Å². The first-order valence-electron chi connectivity index (χ1n) is 5.56. The lowest BCUT2D eigenvalue weighted by molar-refractivity contribution is -0.142. The maximum absolute atomic E-state index is 10.3. The van der Waals surface area contributed by atoms with Crippen molar-refractivity contribution >= 4 is 21.9 Å². The van der Waals surface area contributed by atoms with E-state index >= 15 is 0 Å². The summed E-state index contributed by atoms with van der Waals surface area (Å²) in [7, 11) is 1.54. The third kappa shape index (κ3) is 3.55. The van der Waals surface area contributed by atoms with Crippen molar-refractivity contribution in [2.24, 2.45) is 0 Å². The van der Waals surface area contributed by atoms with Gasteiger partial charge in [-0.05, 0) is 18.2 Å². The lowest BCUT2D eigenvalue weighted by Gasteiger charge is -2.04. The van der Waals surface area contributed by atoms with Gasteiger partial charge in [0.05, 0.1) is 12.7 Å². The zero-order valence-electron chi connectivity index (χ0n) is 10.5. The number of aliphatic carboxylic acids is 1. The van der Waals surface area contributed by atoms with Gasteiger partial charge in [-0.25, -0.2) is 4.79 Å². The van der Waals surface area contributed by atoms with E-state index in [9.17, 15) is 4.79 Å². The van der Waals surface area contributed by atoms with Crippen molar-refractivity contribution in [3.63, 3.8) is 0 Å². The van der Waals surface area contributed by atoms with Crippen LogP contribution in [0.25, 0.3) is 11.5 Å². The SMILES string of the molecule is COc1cc(Br)ccc1-c1nnc(COCC(=O)O)o1. The van der Waals surface area contributed by atoms with E-state index < -0.39 is 12.6 Å². The van der Waals surface area contributed by atoms with Crippen molar-refractivity contribution in [2.45, 2.75) is 6.61 Å². The average Bonchev–Trinajstić information content (AvgIpc) is 2.86. The standard InChI is InChI=1S/C12H11BrN2O5/c1-18-9-4-7(13)2-3-8(9)12-15-14-10(20-12)5-19-6-11(16)17/h2-4H,5-6H2,1H3,(H,16,17). The number of nitrogens with zero attached hydrogens (tertiary/aromatic N) is 2. The van der Waals surface area contributed by atoms with E-state index in [1.807, 2.05) is 6.07 Å². The van der Waals surface area contributed by atoms with Gasteiger partial charge in [0.25, 0.3) is 5.89 Å². The molecule has 0 fully saturated rings. The molecule has 1 N–H and O–H groups in total. The number of methoxy groups -OCH3 is 1. The smallest absolute Gasteiger partial charge is 0.329 e. The number of hydrogen-bond acceptors (Lipinski definition) is 6. The normalized spacial score (nSPS) is 10.5. The first kappa shape index (κ1) is 14.5. The van der Waals surface area contributed by atoms with Gasteiger partial charge in [0.1, 0.15) is 19.0 Å². The minimum atomic E-state index is -1.06. The van der Waals surface area contributed by atoms with E-state index in [0.717, 1.165) is 4.47 Å². The number of aromatic nitrogens is 2. The predicted molar refractivity (Wildman–Crippen MR) is 71.3 cm³/mol. The molecule has 0 atom stereocenters. The summed E-state index contributed by atoms with van der Waals surface area (Å²) in [6, 6.07) is 5.38. The van der Waals surface area contributed by atoms with Crippen molar-refractivity contribution < 1.29 is 23.8 Å². The molecule has 0 saturated carbocycles. The molecular weight excluding hydrogens is 332 g/mol. The molecule has 0 spiro atoms. The molecule has 0 unspecified atom stereocenters. The van der Waals surface area contributed by atoms with Gasteiger partial charge in [0.15, 0.2) is 0 Å². The van der Waals surface area contributed by atoms with Crippen LogP contribution < -0.4 is 4.74 Å². The van der Waals surface area contributed by atoms with Gasteiger partial charge in [-0.2, -0.15) is 0 Å². The minimum Gasteiger partial charge on any atom is -0.496 e. The Morgan fingerprint density at radius 1 is 1.45 bits per heavy atom. The van der Waals surface area contributed by atoms with Crippen LogP contribution in [0.5, 0.6) is 5.75 Å². The molecular formula is C12H11BrN2O5. The van der Waals surface area contributed by atoms with E-state index in [0.29, 0.717) is 11.3 Å². The molecule has 0 saturated heterocycles. The number of ether oxygens (including phenoxy) is 2. The molecule has 106 valence electrons. The number of carbonyl (C=O) groups is 1. The quantitative estimate of drug-likeness (QED) is 0.858. The van der Waals surface area contributed by atoms with Crippen LogP contribution in [0.4, 0.5) is 0 Å². The first-order chi connectivity index (χ1) is 9.60. The number of carboxylic acid groups (broad SMARTS) is 1. The fourth-order valence-corrected chi connectivity index (χ4v) is 1.83. The van der Waals surface area contributed by atoms with Gasteiger partial charge in [-0.15, -0.1) is 10.2 Å². The number of hydrogen-bond donors (Lipinski definition) is 1. The zero-order chi connectivity index (χ0) is 14.5. The van der Waals surface area contributed by atoms with Crippen LogP contribution >= 0.6 is 15.9 Å². The van der Waals surface area contributed by atoms with Crippen molar-refractivity contribution in [3.8, 4) is 17.2 Å². The van der Waals surface area contributed by atoms with Crippen molar-refractivity contribution in [1.82, 2.24) is 10.2 Å². The summed E-state index contributed by atoms with van der Waals surface area (Å²) >= 11 is 3.34. The molecule has 0 aliphatic heterocycles. The summed E-state index contributed by atoms with van der Waals surface area (Å²) in [5, 5.41) is 16.1. The van der Waals surface area contributed by atoms with E-state index in [1.165, 1.54) is 0 Å². The predicted octanol–water partition coefficient (Wildman–Crippen LogP) is 2.11. The lowest BCUT2D eigenvalue weighted by atomic mass is 10.2. The first-order valence-corrected chi connectivity index (χ1v) is 6.35. The van der Waals surface area contributed by atoms with E-state index in [-0.39, 0.29) is 18.4 Å². The van der Waals surface area contributed by atoms with E-state index in [2.05, 4.69) is 26.1 Å². The summed E-state index contributed by atoms with van der Waals surface area (Å²) in [5.74, 6) is 0.00911. The second-order valence-corrected chi connectivity index (χ2v) is 4.65. The molecule has 8 heteroatoms. The Balaban J connectivity index is 2.14. The van der Waals surface area contributed by atoms with Gasteiger partial charge in [-0.3, -0.25) is 0 Å². The topological polar surface area (TPSA) is 94.7 Å². The van der Waals surface area contributed by atoms with Gasteiger partial charge in [-0.1, -0.05) is 15.9 Å². The number of benzene rings is 1. The Kier molecular flexibility index (Phi) is 4.70. The summed E-state index contributed by atoms with van der Waals surface area (Å²) in [6.07, 6.45) is 0. The maximum atomic E-state index is 10.3. The van der Waals surface area contributed by atoms with Gasteiger partial charge < -0.3 is 19.0 Å². The molecule has 0 aliphatic carbocycles. The Hall–Kier alpha value is -1.93. The highest BCUT2D eigenvalue weighted by Gasteiger charge is 2.14. The van der Waals surface area contributed by atoms with Crippen LogP contribution in [-0.2, 0) is 16.1 Å². The molecule has 0 aliphatic rings. The maximum Gasteiger partial charge on any atom is 0.329 e. The molecule has 20 heavy (non-hydrogen) atoms. The molecule has 2 rings (SSSR count). The van der Waals surface area contributed by atoms with Crippen LogP contribution in [0.1, 0.15) is 5.89 Å². The van der Waals surface area contributed by atoms with Gasteiger partial charge in [0, 0.05) is 4.47 Å². The number of carboxylic acids is 1. The van der Waals surface area contributed by atoms with Crippen LogP contribution in [-0.4, -0.2) is 35.0 Å². The van der Waals surface area contributed by atoms with Crippen molar-refractivity contribution in [2.75, 3.05) is 13.7 Å². The third-order valence-electron chi connectivity index (χ3n) is 2.31. The molecule has 1 aromatic carbocycles. The van der Waals surface area contributed by atoms with Crippen LogP contribution in [0, 0.1) is 0 Å². The highest BCUT2D eigenvalue weighted by Crippen LogP contribution is 2.31. The minimum absolute atomic E-state index is 0.0574. The summed E-state index contributed by atoms with van der Waals surface area (Å²) in [6.45, 7) is -0.475. The fraction of sp³-hybridized carbons (Fsp3) is 0.250. The van der Waals surface area contributed by atoms with Crippen LogP contribution in [0.2, 0.25) is 0 Å². The van der Waals surface area contributed by atoms with E-state index in [1.54, 1.807) is 19.2 Å². The second kappa shape index (κ2) is 6.49. The number of halogens is 1. The Morgan fingerprint density at radius 2 is 2.25 bits per heavy atom. The molecule has 1 aromatic heterocycles. The number of rotatable bonds is 6. The third-order valence-corrected chi connectivity index (χ3v) is 2.81. The summed E-state index contributed by atoms with van der Waals surface area (Å²) in [5.41, 5.74) is 0.646. The molecule has 0 amide bonds. The molecule has 1 heterocycles. The van der Waals surface area contributed by atoms with Crippen molar-refractivity contribution in [3.05, 3.63) is 28.6 Å². The second-order valence-electron chi connectivity index (χ2n) is 3.73. The summed E-state index contributed by atoms with van der Waals surface area (Å²) in [4.78, 5) is 10.3. The van der Waals surface area contributed by atoms with Gasteiger partial charge in [0.2, 0.25) is 5.89 Å². The Morgan fingerprint density at radius 3 is 2.95 bits per heavy atom. The fourth-order valence-electron chi connectivity index (χ4n) is 1.49. The zero-order valence-corrected chi connectivity index (χ0v) is 12.1. The van der Waals surface area contributed by atoms with E-state index in [4.69, 9.17) is 19.0 Å². The molecule has 0 radical (unpaired) electrons. The average molecular weight is 343 g/mol. The largest absolute Gasteiger partial charge is 0.496 e. The Bertz CT molecular complexity index is 614. The highest BCUT2D eigenvalue weighted by molar-refractivity contribution is 9.10. The molecule has 2 aromatic rings. The molecule has 7 nitrogen and oxygen atoms in total. The Labute approximate surface area is 122 Å². The van der Waals surface area contributed by atoms with Crippen molar-refractivity contribution in [1.29, 1.82) is 0 Å². The van der Waals surface area contributed by atoms with Gasteiger partial charge >= 0.3 is 5.97 Å². The summed E-state index contributed by atoms with van der Waals surface area (Å²) < 4.78 is 16.4. The highest BCUT2D eigenvalue weighted by atomic mass is 79.9.